The Hall–Kier alpha value is -8.67. The van der Waals surface area contributed by atoms with E-state index >= 15 is 0 Å². The standard InChI is InChI=1S/4C9H10BN6.2C7H6O2.2Eu/c4*1-4-11-14(7-1)10(15-8-2-5-12-15)16-9-3-6-13-16;2*8-7(9)6-4-2-1-3-5-6;;/h4*1-10H;2*1-5H,(H,8,9);;/q4*-1;;;2*+3/p-2. The molecule has 84 heavy (non-hydrogen) atoms. The fraction of sp³-hybridized carbons (Fsp3) is 0. The Bertz CT molecular complexity index is 3040. The zero-order valence-corrected chi connectivity index (χ0v) is 49.4. The van der Waals surface area contributed by atoms with Crippen molar-refractivity contribution in [2.24, 2.45) is 0 Å². The minimum Gasteiger partial charge on any atom is -0.545 e. The predicted octanol–water partition coefficient (Wildman–Crippen LogP) is -0.148. The van der Waals surface area contributed by atoms with E-state index in [2.05, 4.69) is 61.2 Å². The molecule has 12 heterocycles. The Morgan fingerprint density at radius 3 is 0.452 bits per heavy atom. The maximum atomic E-state index is 10.1. The van der Waals surface area contributed by atoms with Gasteiger partial charge in [0.25, 0.3) is 0 Å². The van der Waals surface area contributed by atoms with Crippen LogP contribution in [0.5, 0.6) is 0 Å². The monoisotopic (exact) mass is 1400 g/mol. The molecule has 0 atom stereocenters. The van der Waals surface area contributed by atoms with Gasteiger partial charge in [-0.25, -0.2) is 61.2 Å². The number of carbonyl (C=O) groups excluding carboxylic acids is 2. The molecule has 420 valence electrons. The van der Waals surface area contributed by atoms with Gasteiger partial charge in [0.05, 0.1) is 11.9 Å². The number of aromatic carboxylic acids is 2. The first kappa shape index (κ1) is 62.9. The van der Waals surface area contributed by atoms with E-state index in [0.29, 0.717) is 0 Å². The number of aromatic nitrogens is 24. The van der Waals surface area contributed by atoms with Crippen LogP contribution in [-0.4, -0.2) is 157 Å². The molecule has 0 aliphatic heterocycles. The molecule has 12 aromatic heterocycles. The van der Waals surface area contributed by atoms with Crippen LogP contribution >= 0.6 is 0 Å². The summed E-state index contributed by atoms with van der Waals surface area (Å²) in [5.74, 6) is -2.26. The van der Waals surface area contributed by atoms with Crippen molar-refractivity contribution in [3.63, 3.8) is 0 Å². The molecule has 2 aromatic carbocycles. The van der Waals surface area contributed by atoms with Gasteiger partial charge in [-0.15, -0.1) is 0 Å². The van der Waals surface area contributed by atoms with Gasteiger partial charge in [0.1, 0.15) is 0 Å². The summed E-state index contributed by atoms with van der Waals surface area (Å²) in [4.78, 5) is 20.2. The van der Waals surface area contributed by atoms with Gasteiger partial charge in [-0.1, -0.05) is 60.7 Å². The minimum atomic E-state index is -1.13. The summed E-state index contributed by atoms with van der Waals surface area (Å²) in [7, 11) is -4.50. The number of carboxylic acid groups (broad SMARTS) is 2. The first-order valence-electron chi connectivity index (χ1n) is 25.5. The normalized spacial score (nSPS) is 10.3. The molecule has 0 spiro atoms. The Kier molecular flexibility index (Phi) is 25.0. The van der Waals surface area contributed by atoms with Crippen LogP contribution in [0.1, 0.15) is 20.7 Å². The fourth-order valence-corrected chi connectivity index (χ4v) is 8.54. The van der Waals surface area contributed by atoms with E-state index in [1.807, 2.05) is 202 Å². The second kappa shape index (κ2) is 33.4. The molecular weight excluding hydrogens is 1350 g/mol. The number of hydrogen-bond donors (Lipinski definition) is 0. The first-order valence-corrected chi connectivity index (χ1v) is 25.5. The van der Waals surface area contributed by atoms with Crippen molar-refractivity contribution in [3.05, 3.63) is 293 Å². The largest absolute Gasteiger partial charge is 3.00 e. The van der Waals surface area contributed by atoms with Gasteiger partial charge in [-0.3, -0.25) is 0 Å². The quantitative estimate of drug-likeness (QED) is 0.128. The summed E-state index contributed by atoms with van der Waals surface area (Å²) >= 11 is 0. The Labute approximate surface area is 562 Å². The SMILES string of the molecule is O=C([O-])c1ccccc1.O=C([O-])c1ccccc1.[Eu+3].[Eu+3].c1cnn([BH-](n2cccn2)n2cccn2)c1.c1cnn([BH-](n2cccn2)n2cccn2)c1.c1cnn([BH-](n2cccn2)n2cccn2)c1.c1cnn([BH-](n2cccn2)n2cccn2)c1. The van der Waals surface area contributed by atoms with Gasteiger partial charge in [0, 0.05) is 74.4 Å². The van der Waals surface area contributed by atoms with Crippen LogP contribution in [0.2, 0.25) is 0 Å². The van der Waals surface area contributed by atoms with E-state index in [1.165, 1.54) is 24.3 Å². The van der Waals surface area contributed by atoms with E-state index in [-0.39, 0.29) is 110 Å². The van der Waals surface area contributed by atoms with E-state index in [0.717, 1.165) is 0 Å². The van der Waals surface area contributed by atoms with Gasteiger partial charge in [-0.05, 0) is 158 Å². The molecule has 0 fully saturated rings. The van der Waals surface area contributed by atoms with Crippen LogP contribution in [0, 0.1) is 98.8 Å². The molecule has 0 saturated heterocycles. The van der Waals surface area contributed by atoms with Gasteiger partial charge in [0.15, 0.2) is 0 Å². The zero-order valence-electron chi connectivity index (χ0n) is 44.5. The average molecular weight is 1400 g/mol. The van der Waals surface area contributed by atoms with Crippen molar-refractivity contribution in [2.45, 2.75) is 0 Å². The third-order valence-electron chi connectivity index (χ3n) is 12.2. The second-order valence-corrected chi connectivity index (χ2v) is 17.6. The number of rotatable bonds is 14. The smallest absolute Gasteiger partial charge is 0.545 e. The molecule has 0 aliphatic carbocycles. The molecule has 0 amide bonds. The van der Waals surface area contributed by atoms with Crippen LogP contribution in [0.25, 0.3) is 0 Å². The van der Waals surface area contributed by atoms with Gasteiger partial charge < -0.3 is 74.9 Å². The third-order valence-corrected chi connectivity index (χ3v) is 12.2. The Balaban J connectivity index is 0.000000146. The molecule has 0 bridgehead atoms. The fourth-order valence-electron chi connectivity index (χ4n) is 8.54. The number of carbonyl (C=O) groups is 2. The molecular formula is C50H50B4Eu2N24O4. The summed E-state index contributed by atoms with van der Waals surface area (Å²) in [6, 6.07) is 38.9. The van der Waals surface area contributed by atoms with E-state index < -0.39 is 40.4 Å². The molecule has 0 N–H and O–H groups in total. The van der Waals surface area contributed by atoms with Crippen molar-refractivity contribution < 1.29 is 119 Å². The Morgan fingerprint density at radius 2 is 0.369 bits per heavy atom. The molecule has 34 heteroatoms. The number of nitrogens with zero attached hydrogens (tertiary/aromatic N) is 24. The number of benzene rings is 2. The van der Waals surface area contributed by atoms with Crippen molar-refractivity contribution in [3.8, 4) is 0 Å². The zero-order chi connectivity index (χ0) is 56.6. The van der Waals surface area contributed by atoms with Crippen molar-refractivity contribution >= 4 is 40.4 Å². The summed E-state index contributed by atoms with van der Waals surface area (Å²) in [6.07, 6.45) is 44.1. The summed E-state index contributed by atoms with van der Waals surface area (Å²) < 4.78 is 22.5. The van der Waals surface area contributed by atoms with Gasteiger partial charge in [0.2, 0.25) is 0 Å². The average Bonchev–Trinajstić information content (AvgIpc) is 4.39. The molecule has 14 rings (SSSR count). The van der Waals surface area contributed by atoms with Crippen molar-refractivity contribution in [2.75, 3.05) is 0 Å². The van der Waals surface area contributed by atoms with Crippen molar-refractivity contribution in [1.82, 2.24) is 116 Å². The van der Waals surface area contributed by atoms with Crippen LogP contribution in [0.4, 0.5) is 0 Å². The molecule has 0 radical (unpaired) electrons. The van der Waals surface area contributed by atoms with Crippen LogP contribution in [0.3, 0.4) is 0 Å². The predicted molar refractivity (Wildman–Crippen MR) is 302 cm³/mol. The molecule has 0 aliphatic rings. The summed E-state index contributed by atoms with van der Waals surface area (Å²) in [6.45, 7) is 0. The Morgan fingerprint density at radius 1 is 0.238 bits per heavy atom. The van der Waals surface area contributed by atoms with Gasteiger partial charge >= 0.3 is 127 Å². The third kappa shape index (κ3) is 17.7. The van der Waals surface area contributed by atoms with Gasteiger partial charge in [-0.2, -0.15) is 0 Å². The van der Waals surface area contributed by atoms with Crippen LogP contribution in [-0.2, 0) is 0 Å². The summed E-state index contributed by atoms with van der Waals surface area (Å²) in [5, 5.41) is 71.3. The van der Waals surface area contributed by atoms with E-state index in [4.69, 9.17) is 0 Å². The maximum Gasteiger partial charge on any atom is 3.00 e. The second-order valence-electron chi connectivity index (χ2n) is 17.6. The maximum absolute atomic E-state index is 10.1. The van der Waals surface area contributed by atoms with E-state index in [1.54, 1.807) is 111 Å². The topological polar surface area (TPSA) is 294 Å². The molecule has 14 aromatic rings. The first-order chi connectivity index (χ1) is 40.4. The minimum absolute atomic E-state index is 0. The number of carboxylic acids is 2. The molecule has 0 unspecified atom stereocenters. The van der Waals surface area contributed by atoms with Crippen molar-refractivity contribution in [1.29, 1.82) is 0 Å². The van der Waals surface area contributed by atoms with E-state index in [9.17, 15) is 19.8 Å². The molecule has 28 nitrogen and oxygen atoms in total. The number of hydrogen-bond acceptors (Lipinski definition) is 16. The van der Waals surface area contributed by atoms with Crippen LogP contribution in [0.15, 0.2) is 282 Å². The summed E-state index contributed by atoms with van der Waals surface area (Å²) in [5.41, 5.74) is 0.440. The van der Waals surface area contributed by atoms with Crippen LogP contribution < -0.4 is 10.2 Å². The molecule has 0 saturated carbocycles.